The van der Waals surface area contributed by atoms with Gasteiger partial charge in [0.05, 0.1) is 11.6 Å². The zero-order chi connectivity index (χ0) is 23.2. The number of allylic oxidation sites excluding steroid dienone is 2. The van der Waals surface area contributed by atoms with E-state index in [0.29, 0.717) is 49.2 Å². The highest BCUT2D eigenvalue weighted by atomic mass is 19.1. The Balaban J connectivity index is 1.67. The van der Waals surface area contributed by atoms with Crippen LogP contribution in [0.4, 0.5) is 10.2 Å². The maximum atomic E-state index is 13.5. The Morgan fingerprint density at radius 1 is 1.15 bits per heavy atom. The molecule has 33 heavy (non-hydrogen) atoms. The van der Waals surface area contributed by atoms with Crippen LogP contribution in [-0.4, -0.2) is 28.2 Å². The lowest BCUT2D eigenvalue weighted by Gasteiger charge is -2.20. The lowest BCUT2D eigenvalue weighted by atomic mass is 9.90. The predicted molar refractivity (Wildman–Crippen MR) is 125 cm³/mol. The third-order valence-corrected chi connectivity index (χ3v) is 5.71. The molecule has 6 nitrogen and oxygen atoms in total. The molecule has 2 heterocycles. The van der Waals surface area contributed by atoms with Gasteiger partial charge in [0.1, 0.15) is 17.4 Å². The van der Waals surface area contributed by atoms with Crippen LogP contribution in [0.5, 0.6) is 0 Å². The zero-order valence-electron chi connectivity index (χ0n) is 18.1. The van der Waals surface area contributed by atoms with Gasteiger partial charge in [-0.2, -0.15) is 0 Å². The molecule has 3 N–H and O–H groups in total. The van der Waals surface area contributed by atoms with E-state index >= 15 is 0 Å². The van der Waals surface area contributed by atoms with Crippen LogP contribution in [0.3, 0.4) is 0 Å². The number of rotatable bonds is 8. The molecule has 4 rings (SSSR count). The summed E-state index contributed by atoms with van der Waals surface area (Å²) in [5.74, 6) is -0.756. The van der Waals surface area contributed by atoms with Crippen LogP contribution in [0.25, 0.3) is 5.57 Å². The number of aromatic nitrogens is 2. The smallest absolute Gasteiger partial charge is 0.229 e. The maximum absolute atomic E-state index is 13.5. The Kier molecular flexibility index (Phi) is 6.88. The van der Waals surface area contributed by atoms with Gasteiger partial charge >= 0.3 is 0 Å². The highest BCUT2D eigenvalue weighted by molar-refractivity contribution is 5.88. The van der Waals surface area contributed by atoms with Crippen LogP contribution >= 0.6 is 0 Å². The zero-order valence-corrected chi connectivity index (χ0v) is 18.1. The number of hydrogen-bond donors (Lipinski definition) is 2. The lowest BCUT2D eigenvalue weighted by Crippen LogP contribution is -2.24. The van der Waals surface area contributed by atoms with Crippen molar-refractivity contribution < 1.29 is 14.0 Å². The van der Waals surface area contributed by atoms with Crippen molar-refractivity contribution in [3.63, 3.8) is 0 Å². The minimum atomic E-state index is -0.723. The molecule has 1 amide bonds. The third kappa shape index (κ3) is 5.49. The quantitative estimate of drug-likeness (QED) is 0.547. The first-order valence-corrected chi connectivity index (χ1v) is 10.9. The molecule has 7 heteroatoms. The van der Waals surface area contributed by atoms with Gasteiger partial charge in [0.2, 0.25) is 5.91 Å². The normalized spacial score (nSPS) is 14.5. The number of nitrogens with one attached hydrogen (secondary N) is 1. The average molecular weight is 445 g/mol. The molecule has 1 aromatic carbocycles. The van der Waals surface area contributed by atoms with Crippen LogP contribution in [0, 0.1) is 5.82 Å². The number of Topliss-reactive ketones (excluding diaryl/α,β-unsaturated/α-hetero) is 1. The number of anilines is 1. The number of ketones is 1. The number of nitrogens with zero attached hydrogens (tertiary/aromatic N) is 2. The average Bonchev–Trinajstić information content (AvgIpc) is 2.81. The van der Waals surface area contributed by atoms with E-state index in [1.54, 1.807) is 24.5 Å². The summed E-state index contributed by atoms with van der Waals surface area (Å²) in [4.78, 5) is 33.0. The molecule has 168 valence electrons. The van der Waals surface area contributed by atoms with Crippen LogP contribution < -0.4 is 11.1 Å². The van der Waals surface area contributed by atoms with Crippen molar-refractivity contribution in [2.75, 3.05) is 11.9 Å². The van der Waals surface area contributed by atoms with Crippen LogP contribution in [0.1, 0.15) is 47.6 Å². The van der Waals surface area contributed by atoms with Gasteiger partial charge in [0.25, 0.3) is 0 Å². The number of nitrogens with two attached hydrogens (primary N) is 1. The molecule has 0 fully saturated rings. The fourth-order valence-corrected chi connectivity index (χ4v) is 4.03. The van der Waals surface area contributed by atoms with Crippen molar-refractivity contribution in [1.29, 1.82) is 0 Å². The highest BCUT2D eigenvalue weighted by Crippen LogP contribution is 2.32. The molecule has 1 aliphatic carbocycles. The van der Waals surface area contributed by atoms with Gasteiger partial charge in [-0.25, -0.2) is 9.37 Å². The van der Waals surface area contributed by atoms with Crippen molar-refractivity contribution >= 4 is 23.1 Å². The summed E-state index contributed by atoms with van der Waals surface area (Å²) in [6.45, 7) is 0.489. The van der Waals surface area contributed by atoms with Crippen molar-refractivity contribution in [3.05, 3.63) is 95.2 Å². The minimum absolute atomic E-state index is 0.217. The highest BCUT2D eigenvalue weighted by Gasteiger charge is 2.25. The number of primary amides is 1. The van der Waals surface area contributed by atoms with Gasteiger partial charge in [-0.15, -0.1) is 0 Å². The van der Waals surface area contributed by atoms with Crippen molar-refractivity contribution in [1.82, 2.24) is 9.97 Å². The molecule has 0 spiro atoms. The van der Waals surface area contributed by atoms with Gasteiger partial charge in [-0.05, 0) is 53.8 Å². The van der Waals surface area contributed by atoms with E-state index in [9.17, 15) is 14.0 Å². The topological polar surface area (TPSA) is 98.0 Å². The predicted octanol–water partition coefficient (Wildman–Crippen LogP) is 4.02. The monoisotopic (exact) mass is 444 g/mol. The Hall–Kier alpha value is -3.87. The number of hydrogen-bond acceptors (Lipinski definition) is 5. The molecule has 0 bridgehead atoms. The molecule has 0 saturated carbocycles. The number of carbonyl (C=O) groups excluding carboxylic acids is 2. The Morgan fingerprint density at radius 3 is 2.73 bits per heavy atom. The van der Waals surface area contributed by atoms with Gasteiger partial charge in [-0.1, -0.05) is 30.3 Å². The third-order valence-electron chi connectivity index (χ3n) is 5.71. The Labute approximate surface area is 191 Å². The number of halogens is 1. The van der Waals surface area contributed by atoms with Gasteiger partial charge in [-0.3, -0.25) is 14.6 Å². The first-order chi connectivity index (χ1) is 16.0. The van der Waals surface area contributed by atoms with Crippen LogP contribution in [0.2, 0.25) is 0 Å². The van der Waals surface area contributed by atoms with E-state index < -0.39 is 11.8 Å². The second-order valence-corrected chi connectivity index (χ2v) is 8.03. The Bertz CT molecular complexity index is 1190. The second kappa shape index (κ2) is 10.2. The summed E-state index contributed by atoms with van der Waals surface area (Å²) in [6.07, 6.45) is 7.28. The van der Waals surface area contributed by atoms with Crippen LogP contribution in [0.15, 0.2) is 67.0 Å². The number of carbonyl (C=O) groups is 2. The van der Waals surface area contributed by atoms with E-state index in [2.05, 4.69) is 10.3 Å². The molecule has 1 unspecified atom stereocenters. The summed E-state index contributed by atoms with van der Waals surface area (Å²) < 4.78 is 13.5. The lowest BCUT2D eigenvalue weighted by molar-refractivity contribution is -0.119. The first-order valence-electron chi connectivity index (χ1n) is 10.9. The van der Waals surface area contributed by atoms with E-state index in [0.717, 1.165) is 16.8 Å². The van der Waals surface area contributed by atoms with Crippen molar-refractivity contribution in [2.24, 2.45) is 5.73 Å². The molecular formula is C26H25FN4O2. The molecule has 0 radical (unpaired) electrons. The van der Waals surface area contributed by atoms with E-state index in [1.807, 2.05) is 30.3 Å². The van der Waals surface area contributed by atoms with Gasteiger partial charge in [0, 0.05) is 37.3 Å². The van der Waals surface area contributed by atoms with Gasteiger partial charge in [0.15, 0.2) is 0 Å². The van der Waals surface area contributed by atoms with E-state index in [1.165, 1.54) is 12.1 Å². The molecular weight excluding hydrogens is 419 g/mol. The summed E-state index contributed by atoms with van der Waals surface area (Å²) in [6, 6.07) is 13.7. The van der Waals surface area contributed by atoms with Gasteiger partial charge < -0.3 is 11.1 Å². The summed E-state index contributed by atoms with van der Waals surface area (Å²) in [5, 5.41) is 3.32. The fourth-order valence-electron chi connectivity index (χ4n) is 4.03. The molecule has 1 aliphatic rings. The molecule has 0 aliphatic heterocycles. The Morgan fingerprint density at radius 2 is 2.03 bits per heavy atom. The molecule has 1 atom stereocenters. The van der Waals surface area contributed by atoms with E-state index in [-0.39, 0.29) is 11.6 Å². The molecule has 3 aromatic rings. The first kappa shape index (κ1) is 22.3. The second-order valence-electron chi connectivity index (χ2n) is 8.03. The van der Waals surface area contributed by atoms with Crippen molar-refractivity contribution in [3.8, 4) is 0 Å². The number of amides is 1. The standard InChI is InChI=1S/C26H25FN4O2/c27-20-5-1-3-17(15-20)12-14-30-26-22(24(25(28)33)19-4-2-13-29-16-19)10-11-23(31-26)18-6-8-21(32)9-7-18/h1-6,10-11,13,15-16,24H,7-9,12,14H2,(H2,28,33)(H,30,31). The SMILES string of the molecule is NC(=O)C(c1cccnc1)c1ccc(C2=CCC(=O)CC2)nc1NCCc1cccc(F)c1. The van der Waals surface area contributed by atoms with E-state index in [4.69, 9.17) is 10.7 Å². The van der Waals surface area contributed by atoms with Crippen LogP contribution in [-0.2, 0) is 16.0 Å². The molecule has 0 saturated heterocycles. The fraction of sp³-hybridized carbons (Fsp3) is 0.231. The summed E-state index contributed by atoms with van der Waals surface area (Å²) in [5.41, 5.74) is 9.73. The maximum Gasteiger partial charge on any atom is 0.229 e. The summed E-state index contributed by atoms with van der Waals surface area (Å²) >= 11 is 0. The van der Waals surface area contributed by atoms with Crippen molar-refractivity contribution in [2.45, 2.75) is 31.6 Å². The summed E-state index contributed by atoms with van der Waals surface area (Å²) in [7, 11) is 0. The largest absolute Gasteiger partial charge is 0.369 e. The number of pyridine rings is 2. The number of benzene rings is 1. The molecule has 2 aromatic heterocycles. The minimum Gasteiger partial charge on any atom is -0.369 e.